The predicted molar refractivity (Wildman–Crippen MR) is 107 cm³/mol. The molecule has 0 spiro atoms. The number of carbonyl (C=O) groups excluding carboxylic acids is 2. The van der Waals surface area contributed by atoms with Crippen LogP contribution in [0.4, 0.5) is 18.9 Å². The molecule has 10 heteroatoms. The highest BCUT2D eigenvalue weighted by Crippen LogP contribution is 2.34. The molecule has 0 bridgehead atoms. The van der Waals surface area contributed by atoms with E-state index in [2.05, 4.69) is 15.6 Å². The van der Waals surface area contributed by atoms with Crippen LogP contribution in [0.3, 0.4) is 0 Å². The maximum atomic E-state index is 12.8. The molecule has 29 heavy (non-hydrogen) atoms. The zero-order chi connectivity index (χ0) is 21.0. The topological polar surface area (TPSA) is 70.6 Å². The van der Waals surface area contributed by atoms with E-state index in [1.165, 1.54) is 0 Å². The quantitative estimate of drug-likeness (QED) is 0.719. The fourth-order valence-electron chi connectivity index (χ4n) is 2.53. The van der Waals surface area contributed by atoms with Gasteiger partial charge in [0, 0.05) is 6.42 Å². The summed E-state index contributed by atoms with van der Waals surface area (Å²) in [7, 11) is 0. The van der Waals surface area contributed by atoms with Crippen molar-refractivity contribution in [3.8, 4) is 0 Å². The van der Waals surface area contributed by atoms with Crippen LogP contribution in [-0.4, -0.2) is 22.2 Å². The van der Waals surface area contributed by atoms with Crippen molar-refractivity contribution in [1.29, 1.82) is 0 Å². The maximum Gasteiger partial charge on any atom is 0.416 e. The van der Waals surface area contributed by atoms with E-state index in [4.69, 9.17) is 11.6 Å². The summed E-state index contributed by atoms with van der Waals surface area (Å²) in [5.41, 5.74) is -0.122. The number of anilines is 1. The number of thioether (sulfide) groups is 1. The van der Waals surface area contributed by atoms with Crippen LogP contribution in [-0.2, 0) is 22.3 Å². The van der Waals surface area contributed by atoms with Gasteiger partial charge in [-0.2, -0.15) is 13.2 Å². The zero-order valence-electron chi connectivity index (χ0n) is 14.8. The summed E-state index contributed by atoms with van der Waals surface area (Å²) in [6, 6.07) is 12.1. The van der Waals surface area contributed by atoms with Crippen molar-refractivity contribution in [3.63, 3.8) is 0 Å². The number of halogens is 4. The Kier molecular flexibility index (Phi) is 6.49. The van der Waals surface area contributed by atoms with Crippen LogP contribution in [0.15, 0.2) is 53.5 Å². The Labute approximate surface area is 173 Å². The first-order valence-corrected chi connectivity index (χ1v) is 9.70. The summed E-state index contributed by atoms with van der Waals surface area (Å²) < 4.78 is 38.5. The fourth-order valence-corrected chi connectivity index (χ4v) is 3.66. The average molecular weight is 442 g/mol. The number of benzene rings is 2. The van der Waals surface area contributed by atoms with Gasteiger partial charge in [0.05, 0.1) is 22.8 Å². The molecule has 2 aromatic carbocycles. The van der Waals surface area contributed by atoms with Gasteiger partial charge in [-0.15, -0.1) is 0 Å². The SMILES string of the molecule is O=C(C[C@H]1SC(=NCc2ccccc2)NC1=O)Nc1cc(C(F)(F)F)ccc1Cl. The zero-order valence-corrected chi connectivity index (χ0v) is 16.4. The lowest BCUT2D eigenvalue weighted by Crippen LogP contribution is -2.28. The Morgan fingerprint density at radius 2 is 1.93 bits per heavy atom. The molecule has 0 radical (unpaired) electrons. The van der Waals surface area contributed by atoms with Gasteiger partial charge in [0.25, 0.3) is 0 Å². The molecule has 0 aliphatic carbocycles. The van der Waals surface area contributed by atoms with Crippen LogP contribution < -0.4 is 10.6 Å². The molecule has 2 N–H and O–H groups in total. The third-order valence-electron chi connectivity index (χ3n) is 3.96. The van der Waals surface area contributed by atoms with E-state index in [0.717, 1.165) is 35.5 Å². The number of carbonyl (C=O) groups is 2. The van der Waals surface area contributed by atoms with Gasteiger partial charge in [0.2, 0.25) is 11.8 Å². The number of amides is 2. The number of hydrogen-bond acceptors (Lipinski definition) is 4. The number of amidine groups is 1. The van der Waals surface area contributed by atoms with Crippen molar-refractivity contribution in [2.45, 2.75) is 24.4 Å². The summed E-state index contributed by atoms with van der Waals surface area (Å²) in [5.74, 6) is -1.00. The summed E-state index contributed by atoms with van der Waals surface area (Å²) in [4.78, 5) is 28.6. The molecule has 1 aliphatic heterocycles. The molecule has 1 fully saturated rings. The Morgan fingerprint density at radius 1 is 1.21 bits per heavy atom. The smallest absolute Gasteiger partial charge is 0.325 e. The molecular weight excluding hydrogens is 427 g/mol. The predicted octanol–water partition coefficient (Wildman–Crippen LogP) is 4.48. The second-order valence-electron chi connectivity index (χ2n) is 6.15. The van der Waals surface area contributed by atoms with Gasteiger partial charge in [-0.25, -0.2) is 0 Å². The largest absolute Gasteiger partial charge is 0.416 e. The molecule has 1 aliphatic rings. The minimum Gasteiger partial charge on any atom is -0.325 e. The molecule has 5 nitrogen and oxygen atoms in total. The average Bonchev–Trinajstić information content (AvgIpc) is 3.01. The summed E-state index contributed by atoms with van der Waals surface area (Å²) >= 11 is 6.98. The Hall–Kier alpha value is -2.52. The van der Waals surface area contributed by atoms with E-state index in [-0.39, 0.29) is 23.0 Å². The molecule has 0 saturated carbocycles. The van der Waals surface area contributed by atoms with Crippen LogP contribution in [0.25, 0.3) is 0 Å². The van der Waals surface area contributed by atoms with Gasteiger partial charge < -0.3 is 10.6 Å². The molecule has 0 aromatic heterocycles. The van der Waals surface area contributed by atoms with E-state index in [0.29, 0.717) is 11.7 Å². The standard InChI is InChI=1S/C19H15ClF3N3O2S/c20-13-7-6-12(19(21,22)23)8-14(13)25-16(27)9-15-17(28)26-18(29-15)24-10-11-4-2-1-3-5-11/h1-8,15H,9-10H2,(H,25,27)(H,24,26,28)/t15-/m1/s1. The lowest BCUT2D eigenvalue weighted by atomic mass is 10.2. The van der Waals surface area contributed by atoms with E-state index in [1.54, 1.807) is 0 Å². The minimum atomic E-state index is -4.56. The van der Waals surface area contributed by atoms with Crippen LogP contribution >= 0.6 is 23.4 Å². The number of nitrogens with zero attached hydrogens (tertiary/aromatic N) is 1. The second-order valence-corrected chi connectivity index (χ2v) is 7.75. The number of nitrogens with one attached hydrogen (secondary N) is 2. The third kappa shape index (κ3) is 5.74. The van der Waals surface area contributed by atoms with Crippen molar-refractivity contribution < 1.29 is 22.8 Å². The molecule has 2 amide bonds. The van der Waals surface area contributed by atoms with Crippen molar-refractivity contribution in [2.24, 2.45) is 4.99 Å². The molecule has 1 saturated heterocycles. The lowest BCUT2D eigenvalue weighted by molar-refractivity contribution is -0.137. The monoisotopic (exact) mass is 441 g/mol. The molecular formula is C19H15ClF3N3O2S. The second kappa shape index (κ2) is 8.87. The highest BCUT2D eigenvalue weighted by Gasteiger charge is 2.33. The van der Waals surface area contributed by atoms with E-state index in [1.807, 2.05) is 30.3 Å². The van der Waals surface area contributed by atoms with Gasteiger partial charge in [0.1, 0.15) is 5.25 Å². The van der Waals surface area contributed by atoms with Crippen LogP contribution in [0, 0.1) is 0 Å². The lowest BCUT2D eigenvalue weighted by Gasteiger charge is -2.12. The van der Waals surface area contributed by atoms with Crippen molar-refractivity contribution >= 4 is 46.0 Å². The Morgan fingerprint density at radius 3 is 2.62 bits per heavy atom. The summed E-state index contributed by atoms with van der Waals surface area (Å²) in [6.07, 6.45) is -4.79. The van der Waals surface area contributed by atoms with Crippen LogP contribution in [0.2, 0.25) is 5.02 Å². The molecule has 1 heterocycles. The van der Waals surface area contributed by atoms with Crippen molar-refractivity contribution in [1.82, 2.24) is 5.32 Å². The molecule has 0 unspecified atom stereocenters. The Bertz CT molecular complexity index is 951. The van der Waals surface area contributed by atoms with Gasteiger partial charge in [-0.1, -0.05) is 53.7 Å². The first-order valence-electron chi connectivity index (χ1n) is 8.45. The van der Waals surface area contributed by atoms with Crippen molar-refractivity contribution in [3.05, 3.63) is 64.7 Å². The summed E-state index contributed by atoms with van der Waals surface area (Å²) in [5, 5.41) is 4.58. The van der Waals surface area contributed by atoms with Gasteiger partial charge in [-0.3, -0.25) is 14.6 Å². The molecule has 2 aromatic rings. The van der Waals surface area contributed by atoms with Gasteiger partial charge >= 0.3 is 6.18 Å². The number of rotatable bonds is 5. The summed E-state index contributed by atoms with van der Waals surface area (Å²) in [6.45, 7) is 0.377. The van der Waals surface area contributed by atoms with Crippen molar-refractivity contribution in [2.75, 3.05) is 5.32 Å². The van der Waals surface area contributed by atoms with E-state index < -0.39 is 22.9 Å². The number of aliphatic imine (C=N–C) groups is 1. The number of hydrogen-bond donors (Lipinski definition) is 2. The third-order valence-corrected chi connectivity index (χ3v) is 5.41. The normalized spacial score (nSPS) is 18.0. The highest BCUT2D eigenvalue weighted by molar-refractivity contribution is 8.15. The first kappa shape index (κ1) is 21.2. The van der Waals surface area contributed by atoms with Gasteiger partial charge in [0.15, 0.2) is 5.17 Å². The highest BCUT2D eigenvalue weighted by atomic mass is 35.5. The Balaban J connectivity index is 1.60. The molecule has 152 valence electrons. The van der Waals surface area contributed by atoms with Crippen LogP contribution in [0.5, 0.6) is 0 Å². The van der Waals surface area contributed by atoms with Crippen LogP contribution in [0.1, 0.15) is 17.5 Å². The number of alkyl halides is 3. The first-order chi connectivity index (χ1) is 13.7. The fraction of sp³-hybridized carbons (Fsp3) is 0.211. The minimum absolute atomic E-state index is 0.0278. The molecule has 3 rings (SSSR count). The maximum absolute atomic E-state index is 12.8. The van der Waals surface area contributed by atoms with E-state index >= 15 is 0 Å². The van der Waals surface area contributed by atoms with E-state index in [9.17, 15) is 22.8 Å². The molecule has 1 atom stereocenters. The van der Waals surface area contributed by atoms with Gasteiger partial charge in [-0.05, 0) is 23.8 Å².